The highest BCUT2D eigenvalue weighted by Gasteiger charge is 2.36. The third-order valence-electron chi connectivity index (χ3n) is 6.58. The van der Waals surface area contributed by atoms with Gasteiger partial charge in [0, 0.05) is 18.1 Å². The summed E-state index contributed by atoms with van der Waals surface area (Å²) in [6.45, 7) is 4.86. The Labute approximate surface area is 253 Å². The van der Waals surface area contributed by atoms with Crippen LogP contribution in [0.4, 0.5) is 16.2 Å². The number of ether oxygens (including phenoxy) is 3. The van der Waals surface area contributed by atoms with Crippen LogP contribution in [0.2, 0.25) is 5.02 Å². The van der Waals surface area contributed by atoms with Gasteiger partial charge >= 0.3 is 0 Å². The Bertz CT molecular complexity index is 1490. The summed E-state index contributed by atoms with van der Waals surface area (Å²) in [6, 6.07) is 20.1. The molecule has 2 aliphatic heterocycles. The number of thioether (sulfide) groups is 1. The van der Waals surface area contributed by atoms with Gasteiger partial charge in [0.1, 0.15) is 13.2 Å². The molecule has 2 saturated heterocycles. The highest BCUT2D eigenvalue weighted by molar-refractivity contribution is 8.18. The average molecular weight is 608 g/mol. The van der Waals surface area contributed by atoms with Gasteiger partial charge in [0.15, 0.2) is 11.5 Å². The van der Waals surface area contributed by atoms with Crippen molar-refractivity contribution in [3.8, 4) is 11.5 Å². The number of para-hydroxylation sites is 2. The predicted molar refractivity (Wildman–Crippen MR) is 164 cm³/mol. The highest BCUT2D eigenvalue weighted by atomic mass is 35.5. The van der Waals surface area contributed by atoms with E-state index in [4.69, 9.17) is 25.8 Å². The number of imide groups is 1. The molecular formula is C31H30ClN3O6S. The largest absolute Gasteiger partial charge is 0.490 e. The molecule has 1 N–H and O–H groups in total. The molecule has 0 aliphatic carbocycles. The minimum Gasteiger partial charge on any atom is -0.490 e. The summed E-state index contributed by atoms with van der Waals surface area (Å²) in [6.07, 6.45) is 1.61. The topological polar surface area (TPSA) is 97.4 Å². The van der Waals surface area contributed by atoms with Gasteiger partial charge in [-0.05, 0) is 72.3 Å². The number of nitrogens with zero attached hydrogens (tertiary/aromatic N) is 2. The van der Waals surface area contributed by atoms with Gasteiger partial charge < -0.3 is 24.4 Å². The van der Waals surface area contributed by atoms with Crippen LogP contribution in [0, 0.1) is 0 Å². The van der Waals surface area contributed by atoms with Crippen LogP contribution in [0.1, 0.15) is 18.1 Å². The normalized spacial score (nSPS) is 16.2. The van der Waals surface area contributed by atoms with Gasteiger partial charge in [-0.1, -0.05) is 41.9 Å². The fourth-order valence-corrected chi connectivity index (χ4v) is 5.49. The zero-order valence-electron chi connectivity index (χ0n) is 23.0. The van der Waals surface area contributed by atoms with E-state index in [2.05, 4.69) is 10.2 Å². The summed E-state index contributed by atoms with van der Waals surface area (Å²) >= 11 is 6.76. The first-order valence-electron chi connectivity index (χ1n) is 13.5. The van der Waals surface area contributed by atoms with Crippen molar-refractivity contribution < 1.29 is 28.6 Å². The van der Waals surface area contributed by atoms with Gasteiger partial charge in [-0.15, -0.1) is 0 Å². The summed E-state index contributed by atoms with van der Waals surface area (Å²) in [7, 11) is 0. The van der Waals surface area contributed by atoms with Crippen LogP contribution in [0.3, 0.4) is 0 Å². The summed E-state index contributed by atoms with van der Waals surface area (Å²) < 4.78 is 17.2. The number of carbonyl (C=O) groups is 3. The molecule has 0 spiro atoms. The Morgan fingerprint density at radius 2 is 1.79 bits per heavy atom. The van der Waals surface area contributed by atoms with Gasteiger partial charge in [0.05, 0.1) is 36.1 Å². The summed E-state index contributed by atoms with van der Waals surface area (Å²) in [5.41, 5.74) is 3.10. The van der Waals surface area contributed by atoms with E-state index in [0.29, 0.717) is 67.3 Å². The minimum absolute atomic E-state index is 0.221. The molecule has 2 aliphatic rings. The zero-order valence-corrected chi connectivity index (χ0v) is 24.6. The first-order valence-corrected chi connectivity index (χ1v) is 14.7. The standard InChI is InChI=1S/C31H30ClN3O6S/c1-2-40-27-17-22(9-12-26(27)41-20-21-7-10-23(32)11-8-21)18-28-30(37)35(31(38)42-28)19-29(36)33-24-5-3-4-6-25(24)34-13-15-39-16-14-34/h3-12,17-18H,2,13-16,19-20H2,1H3,(H,33,36)/b28-18+. The van der Waals surface area contributed by atoms with Crippen molar-refractivity contribution in [1.29, 1.82) is 0 Å². The predicted octanol–water partition coefficient (Wildman–Crippen LogP) is 5.83. The zero-order chi connectivity index (χ0) is 29.5. The number of hydrogen-bond donors (Lipinski definition) is 1. The fourth-order valence-electron chi connectivity index (χ4n) is 4.52. The van der Waals surface area contributed by atoms with Crippen LogP contribution in [-0.2, 0) is 20.9 Å². The number of nitrogens with one attached hydrogen (secondary N) is 1. The molecule has 0 atom stereocenters. The molecule has 3 aromatic rings. The molecule has 0 radical (unpaired) electrons. The van der Waals surface area contributed by atoms with E-state index < -0.39 is 17.1 Å². The van der Waals surface area contributed by atoms with E-state index in [-0.39, 0.29) is 11.4 Å². The molecule has 9 nitrogen and oxygen atoms in total. The van der Waals surface area contributed by atoms with Gasteiger partial charge in [0.25, 0.3) is 11.1 Å². The number of hydrogen-bond acceptors (Lipinski definition) is 8. The summed E-state index contributed by atoms with van der Waals surface area (Å²) in [4.78, 5) is 42.1. The van der Waals surface area contributed by atoms with Gasteiger partial charge in [-0.25, -0.2) is 0 Å². The maximum atomic E-state index is 13.1. The first-order chi connectivity index (χ1) is 20.4. The quantitative estimate of drug-likeness (QED) is 0.288. The van der Waals surface area contributed by atoms with Crippen LogP contribution < -0.4 is 19.7 Å². The average Bonchev–Trinajstić information content (AvgIpc) is 3.25. The maximum absolute atomic E-state index is 13.1. The Hall–Kier alpha value is -3.99. The summed E-state index contributed by atoms with van der Waals surface area (Å²) in [5.74, 6) is 0.0755. The molecule has 2 fully saturated rings. The Balaban J connectivity index is 1.25. The molecule has 0 aromatic heterocycles. The number of anilines is 2. The van der Waals surface area contributed by atoms with E-state index in [1.165, 1.54) is 0 Å². The minimum atomic E-state index is -0.525. The second-order valence-corrected chi connectivity index (χ2v) is 10.9. The SMILES string of the molecule is CCOc1cc(/C=C2/SC(=O)N(CC(=O)Nc3ccccc3N3CCOCC3)C2=O)ccc1OCc1ccc(Cl)cc1. The van der Waals surface area contributed by atoms with E-state index in [1.807, 2.05) is 37.3 Å². The smallest absolute Gasteiger partial charge is 0.294 e. The van der Waals surface area contributed by atoms with Crippen LogP contribution in [0.15, 0.2) is 71.6 Å². The van der Waals surface area contributed by atoms with Crippen molar-refractivity contribution in [3.63, 3.8) is 0 Å². The molecule has 11 heteroatoms. The molecule has 0 unspecified atom stereocenters. The van der Waals surface area contributed by atoms with Gasteiger partial charge in [-0.2, -0.15) is 0 Å². The number of rotatable bonds is 10. The first kappa shape index (κ1) is 29.5. The lowest BCUT2D eigenvalue weighted by Gasteiger charge is -2.30. The van der Waals surface area contributed by atoms with Gasteiger partial charge in [0.2, 0.25) is 5.91 Å². The molecule has 5 rings (SSSR count). The van der Waals surface area contributed by atoms with Gasteiger partial charge in [-0.3, -0.25) is 19.3 Å². The van der Waals surface area contributed by atoms with Crippen LogP contribution in [0.5, 0.6) is 11.5 Å². The number of halogens is 1. The lowest BCUT2D eigenvalue weighted by atomic mass is 10.1. The second-order valence-electron chi connectivity index (χ2n) is 9.49. The van der Waals surface area contributed by atoms with E-state index >= 15 is 0 Å². The van der Waals surface area contributed by atoms with E-state index in [0.717, 1.165) is 27.9 Å². The highest BCUT2D eigenvalue weighted by Crippen LogP contribution is 2.35. The van der Waals surface area contributed by atoms with Crippen LogP contribution >= 0.6 is 23.4 Å². The second kappa shape index (κ2) is 13.8. The van der Waals surface area contributed by atoms with Crippen molar-refractivity contribution in [2.75, 3.05) is 49.7 Å². The number of benzene rings is 3. The van der Waals surface area contributed by atoms with E-state index in [9.17, 15) is 14.4 Å². The van der Waals surface area contributed by atoms with Crippen molar-refractivity contribution in [2.45, 2.75) is 13.5 Å². The van der Waals surface area contributed by atoms with Crippen LogP contribution in [0.25, 0.3) is 6.08 Å². The molecule has 0 saturated carbocycles. The number of morpholine rings is 1. The molecule has 3 aromatic carbocycles. The molecule has 3 amide bonds. The lowest BCUT2D eigenvalue weighted by molar-refractivity contribution is -0.127. The number of carbonyl (C=O) groups excluding carboxylic acids is 3. The molecule has 2 heterocycles. The van der Waals surface area contributed by atoms with E-state index in [1.54, 1.807) is 42.5 Å². The molecule has 218 valence electrons. The third kappa shape index (κ3) is 7.25. The lowest BCUT2D eigenvalue weighted by Crippen LogP contribution is -2.38. The van der Waals surface area contributed by atoms with Crippen molar-refractivity contribution in [1.82, 2.24) is 4.90 Å². The monoisotopic (exact) mass is 607 g/mol. The van der Waals surface area contributed by atoms with Crippen molar-refractivity contribution >= 4 is 57.9 Å². The maximum Gasteiger partial charge on any atom is 0.294 e. The Kier molecular flexibility index (Phi) is 9.68. The van der Waals surface area contributed by atoms with Crippen molar-refractivity contribution in [3.05, 3.63) is 87.8 Å². The summed E-state index contributed by atoms with van der Waals surface area (Å²) in [5, 5.41) is 3.01. The molecule has 0 bridgehead atoms. The van der Waals surface area contributed by atoms with Crippen molar-refractivity contribution in [2.24, 2.45) is 0 Å². The number of amides is 3. The Morgan fingerprint density at radius 3 is 2.55 bits per heavy atom. The van der Waals surface area contributed by atoms with Crippen LogP contribution in [-0.4, -0.2) is 61.4 Å². The fraction of sp³-hybridized carbons (Fsp3) is 0.258. The molecule has 42 heavy (non-hydrogen) atoms. The Morgan fingerprint density at radius 1 is 1.02 bits per heavy atom. The molecular weight excluding hydrogens is 578 g/mol. The third-order valence-corrected chi connectivity index (χ3v) is 7.74.